The van der Waals surface area contributed by atoms with E-state index in [1.165, 1.54) is 32.1 Å². The molecule has 1 N–H and O–H groups in total. The predicted octanol–water partition coefficient (Wildman–Crippen LogP) is 2.40. The molecule has 7 nitrogen and oxygen atoms in total. The van der Waals surface area contributed by atoms with E-state index in [9.17, 15) is 9.59 Å². The number of urea groups is 1. The summed E-state index contributed by atoms with van der Waals surface area (Å²) in [6.07, 6.45) is 10.2. The molecule has 0 unspecified atom stereocenters. The van der Waals surface area contributed by atoms with Crippen LogP contribution in [-0.4, -0.2) is 80.4 Å². The van der Waals surface area contributed by atoms with Gasteiger partial charge in [-0.05, 0) is 38.0 Å². The number of methoxy groups -OCH3 is 1. The van der Waals surface area contributed by atoms with E-state index >= 15 is 0 Å². The Bertz CT molecular complexity index is 516. The van der Waals surface area contributed by atoms with Crippen molar-refractivity contribution < 1.29 is 19.1 Å². The minimum atomic E-state index is -0.203. The van der Waals surface area contributed by atoms with Crippen molar-refractivity contribution in [3.05, 3.63) is 0 Å². The minimum Gasteiger partial charge on any atom is -0.381 e. The highest BCUT2D eigenvalue weighted by Crippen LogP contribution is 2.33. The smallest absolute Gasteiger partial charge is 0.317 e. The van der Waals surface area contributed by atoms with Crippen LogP contribution < -0.4 is 5.32 Å². The maximum absolute atomic E-state index is 12.7. The number of hydrogen-bond acceptors (Lipinski definition) is 4. The molecule has 0 aromatic heterocycles. The van der Waals surface area contributed by atoms with Crippen LogP contribution in [0, 0.1) is 5.92 Å². The Hall–Kier alpha value is -1.34. The molecule has 7 heteroatoms. The Kier molecular flexibility index (Phi) is 7.97. The summed E-state index contributed by atoms with van der Waals surface area (Å²) in [4.78, 5) is 29.2. The SMILES string of the molecule is COCC(=O)N1CCN(C(=O)NCCCC2CCCC2)CCC12CCOCC2. The molecular weight excluding hydrogens is 358 g/mol. The topological polar surface area (TPSA) is 71.1 Å². The quantitative estimate of drug-likeness (QED) is 0.701. The van der Waals surface area contributed by atoms with Crippen LogP contribution in [0.1, 0.15) is 57.8 Å². The molecule has 0 atom stereocenters. The van der Waals surface area contributed by atoms with Crippen LogP contribution in [0.4, 0.5) is 4.79 Å². The molecule has 0 aromatic rings. The Morgan fingerprint density at radius 2 is 1.86 bits per heavy atom. The number of nitrogens with zero attached hydrogens (tertiary/aromatic N) is 2. The highest BCUT2D eigenvalue weighted by molar-refractivity contribution is 5.79. The van der Waals surface area contributed by atoms with Gasteiger partial charge in [-0.15, -0.1) is 0 Å². The maximum atomic E-state index is 12.7. The average molecular weight is 396 g/mol. The largest absolute Gasteiger partial charge is 0.381 e. The van der Waals surface area contributed by atoms with Gasteiger partial charge in [0.05, 0.1) is 0 Å². The zero-order valence-electron chi connectivity index (χ0n) is 17.4. The highest BCUT2D eigenvalue weighted by atomic mass is 16.5. The highest BCUT2D eigenvalue weighted by Gasteiger charge is 2.43. The Morgan fingerprint density at radius 3 is 2.57 bits per heavy atom. The van der Waals surface area contributed by atoms with E-state index in [2.05, 4.69) is 5.32 Å². The molecule has 1 spiro atoms. The molecule has 0 radical (unpaired) electrons. The first kappa shape index (κ1) is 21.4. The summed E-state index contributed by atoms with van der Waals surface area (Å²) in [5.41, 5.74) is -0.203. The number of hydrogen-bond donors (Lipinski definition) is 1. The van der Waals surface area contributed by atoms with Crippen molar-refractivity contribution in [3.8, 4) is 0 Å². The third-order valence-electron chi connectivity index (χ3n) is 6.83. The lowest BCUT2D eigenvalue weighted by Gasteiger charge is -2.45. The third kappa shape index (κ3) is 5.38. The van der Waals surface area contributed by atoms with Gasteiger partial charge >= 0.3 is 6.03 Å². The van der Waals surface area contributed by atoms with Crippen LogP contribution in [-0.2, 0) is 14.3 Å². The fourth-order valence-corrected chi connectivity index (χ4v) is 5.11. The van der Waals surface area contributed by atoms with E-state index in [0.29, 0.717) is 32.8 Å². The monoisotopic (exact) mass is 395 g/mol. The second kappa shape index (κ2) is 10.4. The molecule has 1 aliphatic carbocycles. The van der Waals surface area contributed by atoms with Crippen LogP contribution in [0.3, 0.4) is 0 Å². The second-order valence-corrected chi connectivity index (χ2v) is 8.58. The fraction of sp³-hybridized carbons (Fsp3) is 0.905. The van der Waals surface area contributed by atoms with Gasteiger partial charge in [-0.3, -0.25) is 4.79 Å². The molecule has 3 rings (SSSR count). The lowest BCUT2D eigenvalue weighted by molar-refractivity contribution is -0.145. The second-order valence-electron chi connectivity index (χ2n) is 8.58. The van der Waals surface area contributed by atoms with Gasteiger partial charge in [-0.2, -0.15) is 0 Å². The molecule has 28 heavy (non-hydrogen) atoms. The minimum absolute atomic E-state index is 0.00896. The lowest BCUT2D eigenvalue weighted by atomic mass is 9.84. The molecule has 2 saturated heterocycles. The standard InChI is InChI=1S/C21H37N3O4/c1-27-17-19(25)24-14-13-23(12-8-21(24)9-15-28-16-10-21)20(26)22-11-4-7-18-5-2-3-6-18/h18H,2-17H2,1H3,(H,22,26). The molecule has 3 amide bonds. The maximum Gasteiger partial charge on any atom is 0.317 e. The summed E-state index contributed by atoms with van der Waals surface area (Å²) < 4.78 is 10.6. The van der Waals surface area contributed by atoms with Crippen LogP contribution in [0.25, 0.3) is 0 Å². The van der Waals surface area contributed by atoms with E-state index in [-0.39, 0.29) is 24.1 Å². The summed E-state index contributed by atoms with van der Waals surface area (Å²) in [6.45, 7) is 4.01. The van der Waals surface area contributed by atoms with E-state index in [1.807, 2.05) is 9.80 Å². The van der Waals surface area contributed by atoms with Gasteiger partial charge in [-0.25, -0.2) is 4.79 Å². The predicted molar refractivity (Wildman–Crippen MR) is 107 cm³/mol. The third-order valence-corrected chi connectivity index (χ3v) is 6.83. The van der Waals surface area contributed by atoms with Crippen LogP contribution in [0.2, 0.25) is 0 Å². The van der Waals surface area contributed by atoms with E-state index in [0.717, 1.165) is 38.1 Å². The van der Waals surface area contributed by atoms with Crippen molar-refractivity contribution in [1.82, 2.24) is 15.1 Å². The molecule has 0 aromatic carbocycles. The van der Waals surface area contributed by atoms with Gasteiger partial charge in [-0.1, -0.05) is 25.7 Å². The zero-order valence-corrected chi connectivity index (χ0v) is 17.4. The van der Waals surface area contributed by atoms with E-state index < -0.39 is 0 Å². The van der Waals surface area contributed by atoms with Gasteiger partial charge in [0.2, 0.25) is 5.91 Å². The number of rotatable bonds is 6. The number of carbonyl (C=O) groups excluding carboxylic acids is 2. The van der Waals surface area contributed by atoms with Crippen molar-refractivity contribution in [2.24, 2.45) is 5.92 Å². The molecule has 0 bridgehead atoms. The molecule has 2 aliphatic heterocycles. The van der Waals surface area contributed by atoms with Gasteiger partial charge in [0.15, 0.2) is 0 Å². The van der Waals surface area contributed by atoms with Crippen molar-refractivity contribution in [2.45, 2.75) is 63.3 Å². The summed E-state index contributed by atoms with van der Waals surface area (Å²) >= 11 is 0. The molecule has 3 aliphatic rings. The van der Waals surface area contributed by atoms with Crippen molar-refractivity contribution in [2.75, 3.05) is 53.1 Å². The van der Waals surface area contributed by atoms with Crippen molar-refractivity contribution >= 4 is 11.9 Å². The van der Waals surface area contributed by atoms with Crippen LogP contribution in [0.5, 0.6) is 0 Å². The molecule has 160 valence electrons. The van der Waals surface area contributed by atoms with Crippen LogP contribution >= 0.6 is 0 Å². The van der Waals surface area contributed by atoms with Crippen LogP contribution in [0.15, 0.2) is 0 Å². The average Bonchev–Trinajstić information content (AvgIpc) is 3.15. The normalized spacial score (nSPS) is 23.0. The molecular formula is C21H37N3O4. The molecule has 1 saturated carbocycles. The number of carbonyl (C=O) groups is 2. The number of nitrogens with one attached hydrogen (secondary N) is 1. The Morgan fingerprint density at radius 1 is 1.11 bits per heavy atom. The Balaban J connectivity index is 1.51. The number of amides is 3. The Labute approximate surface area is 169 Å². The molecule has 3 fully saturated rings. The summed E-state index contributed by atoms with van der Waals surface area (Å²) in [5.74, 6) is 0.882. The first-order chi connectivity index (χ1) is 13.6. The van der Waals surface area contributed by atoms with Crippen molar-refractivity contribution in [3.63, 3.8) is 0 Å². The summed E-state index contributed by atoms with van der Waals surface area (Å²) in [7, 11) is 1.55. The number of ether oxygens (including phenoxy) is 2. The lowest BCUT2D eigenvalue weighted by Crippen LogP contribution is -2.55. The van der Waals surface area contributed by atoms with Gasteiger partial charge in [0.1, 0.15) is 6.61 Å². The first-order valence-corrected chi connectivity index (χ1v) is 11.0. The first-order valence-electron chi connectivity index (χ1n) is 11.0. The molecule has 2 heterocycles. The van der Waals surface area contributed by atoms with Gasteiger partial charge < -0.3 is 24.6 Å². The van der Waals surface area contributed by atoms with E-state index in [4.69, 9.17) is 9.47 Å². The summed E-state index contributed by atoms with van der Waals surface area (Å²) in [5, 5.41) is 3.10. The summed E-state index contributed by atoms with van der Waals surface area (Å²) in [6, 6.07) is 0.00896. The fourth-order valence-electron chi connectivity index (χ4n) is 5.11. The van der Waals surface area contributed by atoms with Gasteiger partial charge in [0.25, 0.3) is 0 Å². The van der Waals surface area contributed by atoms with E-state index in [1.54, 1.807) is 7.11 Å². The van der Waals surface area contributed by atoms with Crippen molar-refractivity contribution in [1.29, 1.82) is 0 Å². The zero-order chi connectivity index (χ0) is 19.8. The van der Waals surface area contributed by atoms with Gasteiger partial charge in [0, 0.05) is 52.0 Å².